The molecule has 2 radical (unpaired) electrons. The quantitative estimate of drug-likeness (QED) is 0.168. The number of hydrogen-bond donors (Lipinski definition) is 0. The molecule has 0 aromatic rings. The largest absolute Gasteiger partial charge is 2.00 e. The third kappa shape index (κ3) is 23.6. The van der Waals surface area contributed by atoms with Crippen molar-refractivity contribution >= 4 is 27.3 Å². The SMILES string of the molecule is [I-].[I-].[I-].[I-].[Pb+2].[Pt+2]. The molecule has 0 heterocycles. The molecule has 0 saturated heterocycles. The van der Waals surface area contributed by atoms with Crippen molar-refractivity contribution in [2.45, 2.75) is 0 Å². The van der Waals surface area contributed by atoms with Gasteiger partial charge in [0.2, 0.25) is 0 Å². The van der Waals surface area contributed by atoms with Crippen LogP contribution in [-0.2, 0) is 21.1 Å². The predicted octanol–water partition coefficient (Wildman–Crippen LogP) is -12.4. The molecule has 0 N–H and O–H groups in total. The molecule has 42 valence electrons. The van der Waals surface area contributed by atoms with Crippen molar-refractivity contribution in [3.05, 3.63) is 0 Å². The Labute approximate surface area is 141 Å². The monoisotopic (exact) mass is 911 g/mol. The van der Waals surface area contributed by atoms with Crippen LogP contribution in [0.2, 0.25) is 0 Å². The summed E-state index contributed by atoms with van der Waals surface area (Å²) in [6.07, 6.45) is 0. The number of hydrogen-bond acceptors (Lipinski definition) is 0. The predicted molar refractivity (Wildman–Crippen MR) is 5.75 cm³/mol. The van der Waals surface area contributed by atoms with E-state index in [0.29, 0.717) is 0 Å². The maximum atomic E-state index is 0. The zero-order valence-electron chi connectivity index (χ0n) is 2.33. The van der Waals surface area contributed by atoms with E-state index in [9.17, 15) is 0 Å². The van der Waals surface area contributed by atoms with Crippen molar-refractivity contribution < 1.29 is 117 Å². The topological polar surface area (TPSA) is 0 Å². The smallest absolute Gasteiger partial charge is 1.00 e. The van der Waals surface area contributed by atoms with Gasteiger partial charge in [-0.2, -0.15) is 0 Å². The fourth-order valence-electron chi connectivity index (χ4n) is 0. The van der Waals surface area contributed by atoms with E-state index in [1.165, 1.54) is 0 Å². The first-order chi connectivity index (χ1) is 0. The molecule has 6 heteroatoms. The molecule has 0 aliphatic rings. The van der Waals surface area contributed by atoms with Crippen molar-refractivity contribution in [1.82, 2.24) is 0 Å². The van der Waals surface area contributed by atoms with Crippen LogP contribution in [0, 0.1) is 0 Å². The van der Waals surface area contributed by atoms with Crippen LogP contribution in [0.25, 0.3) is 0 Å². The molecule has 0 rings (SSSR count). The summed E-state index contributed by atoms with van der Waals surface area (Å²) in [6.45, 7) is 0. The molecular weight excluding hydrogens is 910 g/mol. The van der Waals surface area contributed by atoms with Gasteiger partial charge in [0.15, 0.2) is 0 Å². The zero-order valence-corrected chi connectivity index (χ0v) is 17.1. The molecule has 0 aromatic carbocycles. The second-order valence-corrected chi connectivity index (χ2v) is 0. The van der Waals surface area contributed by atoms with Crippen molar-refractivity contribution in [3.8, 4) is 0 Å². The van der Waals surface area contributed by atoms with Crippen molar-refractivity contribution in [3.63, 3.8) is 0 Å². The van der Waals surface area contributed by atoms with Gasteiger partial charge in [-0.05, 0) is 0 Å². The summed E-state index contributed by atoms with van der Waals surface area (Å²) in [5, 5.41) is 0. The molecule has 0 unspecified atom stereocenters. The molecule has 0 aromatic heterocycles. The molecule has 0 fully saturated rings. The maximum absolute atomic E-state index is 0. The van der Waals surface area contributed by atoms with Gasteiger partial charge in [0.05, 0.1) is 0 Å². The van der Waals surface area contributed by atoms with Crippen LogP contribution in [-0.4, -0.2) is 27.3 Å². The Morgan fingerprint density at radius 1 is 0.500 bits per heavy atom. The number of rotatable bonds is 0. The Bertz CT molecular complexity index is 7.51. The normalized spacial score (nSPS) is 0. The van der Waals surface area contributed by atoms with E-state index in [4.69, 9.17) is 0 Å². The first kappa shape index (κ1) is 46.6. The molecule has 0 saturated carbocycles. The molecule has 0 amide bonds. The minimum Gasteiger partial charge on any atom is -1.00 e. The summed E-state index contributed by atoms with van der Waals surface area (Å²) >= 11 is 0. The van der Waals surface area contributed by atoms with Gasteiger partial charge in [-0.3, -0.25) is 0 Å². The Hall–Kier alpha value is 4.53. The minimum absolute atomic E-state index is 0. The minimum atomic E-state index is 0. The van der Waals surface area contributed by atoms with E-state index < -0.39 is 0 Å². The zero-order chi connectivity index (χ0) is 0. The van der Waals surface area contributed by atoms with Crippen molar-refractivity contribution in [2.24, 2.45) is 0 Å². The van der Waals surface area contributed by atoms with Gasteiger partial charge in [-0.1, -0.05) is 0 Å². The van der Waals surface area contributed by atoms with Gasteiger partial charge >= 0.3 is 48.4 Å². The Kier molecular flexibility index (Phi) is 262. The molecule has 0 aliphatic heterocycles. The van der Waals surface area contributed by atoms with Crippen LogP contribution < -0.4 is 95.9 Å². The average molecular weight is 910 g/mol. The standard InChI is InChI=1S/4HI.Pb.Pt/h4*1H;;/q;;;;2*+2/p-4. The summed E-state index contributed by atoms with van der Waals surface area (Å²) in [7, 11) is 0. The van der Waals surface area contributed by atoms with E-state index in [1.807, 2.05) is 0 Å². The van der Waals surface area contributed by atoms with Gasteiger partial charge in [-0.25, -0.2) is 0 Å². The van der Waals surface area contributed by atoms with E-state index in [1.54, 1.807) is 0 Å². The van der Waals surface area contributed by atoms with Gasteiger partial charge in [0.25, 0.3) is 0 Å². The molecule has 0 spiro atoms. The van der Waals surface area contributed by atoms with Crippen LogP contribution >= 0.6 is 0 Å². The van der Waals surface area contributed by atoms with E-state index in [0.717, 1.165) is 0 Å². The third-order valence-corrected chi connectivity index (χ3v) is 0. The maximum Gasteiger partial charge on any atom is 2.00 e. The third-order valence-electron chi connectivity index (χ3n) is 0. The Balaban J connectivity index is 0. The van der Waals surface area contributed by atoms with Crippen LogP contribution in [0.5, 0.6) is 0 Å². The molecule has 0 nitrogen and oxygen atoms in total. The van der Waals surface area contributed by atoms with Crippen LogP contribution in [0.15, 0.2) is 0 Å². The number of halogens is 4. The van der Waals surface area contributed by atoms with E-state index in [-0.39, 0.29) is 144 Å². The fraction of sp³-hybridized carbons (Fsp3) is 0. The van der Waals surface area contributed by atoms with Crippen LogP contribution in [0.3, 0.4) is 0 Å². The van der Waals surface area contributed by atoms with E-state index >= 15 is 0 Å². The molecule has 0 atom stereocenters. The second-order valence-electron chi connectivity index (χ2n) is 0. The second kappa shape index (κ2) is 33.8. The summed E-state index contributed by atoms with van der Waals surface area (Å²) < 4.78 is 0. The van der Waals surface area contributed by atoms with Crippen LogP contribution in [0.4, 0.5) is 0 Å². The van der Waals surface area contributed by atoms with Crippen LogP contribution in [0.1, 0.15) is 0 Å². The summed E-state index contributed by atoms with van der Waals surface area (Å²) in [5.41, 5.74) is 0. The molecule has 0 aliphatic carbocycles. The van der Waals surface area contributed by atoms with Gasteiger partial charge in [0, 0.05) is 0 Å². The summed E-state index contributed by atoms with van der Waals surface area (Å²) in [4.78, 5) is 0. The summed E-state index contributed by atoms with van der Waals surface area (Å²) in [6, 6.07) is 0. The summed E-state index contributed by atoms with van der Waals surface area (Å²) in [5.74, 6) is 0. The fourth-order valence-corrected chi connectivity index (χ4v) is 0. The van der Waals surface area contributed by atoms with Gasteiger partial charge in [-0.15, -0.1) is 0 Å². The molecular formula is I4PbPt. The average Bonchev–Trinajstić information content (AvgIpc) is 0. The molecule has 6 heavy (non-hydrogen) atoms. The van der Waals surface area contributed by atoms with Crippen molar-refractivity contribution in [1.29, 1.82) is 0 Å². The first-order valence-corrected chi connectivity index (χ1v) is 0. The Morgan fingerprint density at radius 2 is 0.500 bits per heavy atom. The Morgan fingerprint density at radius 3 is 0.500 bits per heavy atom. The van der Waals surface area contributed by atoms with Gasteiger partial charge in [0.1, 0.15) is 0 Å². The molecule has 0 bridgehead atoms. The van der Waals surface area contributed by atoms with E-state index in [2.05, 4.69) is 0 Å². The first-order valence-electron chi connectivity index (χ1n) is 0. The van der Waals surface area contributed by atoms with Crippen molar-refractivity contribution in [2.75, 3.05) is 0 Å². The van der Waals surface area contributed by atoms with Gasteiger partial charge < -0.3 is 95.9 Å².